The number of ether oxygens (including phenoxy) is 1. The molecule has 6 heteroatoms. The Balaban J connectivity index is 2.70. The molecule has 1 aromatic heterocycles. The van der Waals surface area contributed by atoms with Crippen molar-refractivity contribution in [2.45, 2.75) is 39.8 Å². The van der Waals surface area contributed by atoms with Gasteiger partial charge in [0.15, 0.2) is 5.76 Å². The van der Waals surface area contributed by atoms with Crippen LogP contribution < -0.4 is 10.7 Å². The molecule has 0 aliphatic heterocycles. The van der Waals surface area contributed by atoms with Gasteiger partial charge < -0.3 is 19.6 Å². The van der Waals surface area contributed by atoms with Gasteiger partial charge in [0.25, 0.3) is 0 Å². The predicted octanol–water partition coefficient (Wildman–Crippen LogP) is 1.68. The van der Waals surface area contributed by atoms with Gasteiger partial charge in [-0.2, -0.15) is 0 Å². The zero-order chi connectivity index (χ0) is 13.9. The van der Waals surface area contributed by atoms with Crippen molar-refractivity contribution in [3.05, 3.63) is 27.8 Å². The molecule has 0 aliphatic carbocycles. The highest BCUT2D eigenvalue weighted by atomic mass is 16.6. The van der Waals surface area contributed by atoms with Crippen LogP contribution >= 0.6 is 0 Å². The number of carbonyl (C=O) groups excluding carboxylic acids is 1. The molecule has 1 aromatic rings. The van der Waals surface area contributed by atoms with E-state index < -0.39 is 22.9 Å². The lowest BCUT2D eigenvalue weighted by Crippen LogP contribution is -2.32. The molecule has 0 spiro atoms. The fraction of sp³-hybridized carbons (Fsp3) is 0.500. The molecular formula is C12H17NO5. The molecule has 100 valence electrons. The summed E-state index contributed by atoms with van der Waals surface area (Å²) in [7, 11) is 0. The fourth-order valence-electron chi connectivity index (χ4n) is 1.25. The third-order valence-corrected chi connectivity index (χ3v) is 1.91. The quantitative estimate of drug-likeness (QED) is 0.839. The van der Waals surface area contributed by atoms with Gasteiger partial charge in [-0.25, -0.2) is 4.79 Å². The summed E-state index contributed by atoms with van der Waals surface area (Å²) in [5.74, 6) is -0.138. The third-order valence-electron chi connectivity index (χ3n) is 1.91. The van der Waals surface area contributed by atoms with Crippen molar-refractivity contribution in [2.24, 2.45) is 0 Å². The number of alkyl carbamates (subject to hydrolysis) is 1. The molecule has 6 nitrogen and oxygen atoms in total. The minimum Gasteiger partial charge on any atom is -0.502 e. The Labute approximate surface area is 105 Å². The van der Waals surface area contributed by atoms with E-state index in [4.69, 9.17) is 9.15 Å². The molecule has 0 fully saturated rings. The molecule has 0 saturated carbocycles. The molecule has 0 aromatic carbocycles. The maximum atomic E-state index is 11.4. The first-order valence-electron chi connectivity index (χ1n) is 5.48. The second kappa shape index (κ2) is 5.12. The molecule has 0 unspecified atom stereocenters. The van der Waals surface area contributed by atoms with E-state index in [1.807, 2.05) is 0 Å². The summed E-state index contributed by atoms with van der Waals surface area (Å²) >= 11 is 0. The molecule has 2 N–H and O–H groups in total. The van der Waals surface area contributed by atoms with E-state index in [2.05, 4.69) is 5.32 Å². The molecule has 18 heavy (non-hydrogen) atoms. The average molecular weight is 255 g/mol. The second-order valence-electron chi connectivity index (χ2n) is 4.85. The van der Waals surface area contributed by atoms with Crippen molar-refractivity contribution < 1.29 is 19.1 Å². The number of hydrogen-bond donors (Lipinski definition) is 2. The standard InChI is InChI=1S/C12H17NO5/c1-7-5-8(14)10(15)9(17-7)6-13-11(16)18-12(2,3)4/h5,15H,6H2,1-4H3,(H,13,16). The van der Waals surface area contributed by atoms with E-state index in [-0.39, 0.29) is 12.3 Å². The molecule has 0 bridgehead atoms. The number of carbonyl (C=O) groups is 1. The van der Waals surface area contributed by atoms with Crippen LogP contribution in [0, 0.1) is 6.92 Å². The molecule has 0 atom stereocenters. The number of rotatable bonds is 2. The van der Waals surface area contributed by atoms with Crippen molar-refractivity contribution in [3.63, 3.8) is 0 Å². The summed E-state index contributed by atoms with van der Waals surface area (Å²) in [4.78, 5) is 22.7. The van der Waals surface area contributed by atoms with Crippen molar-refractivity contribution in [2.75, 3.05) is 0 Å². The Kier molecular flexibility index (Phi) is 4.00. The normalized spacial score (nSPS) is 11.1. The smallest absolute Gasteiger partial charge is 0.408 e. The minimum absolute atomic E-state index is 0.00543. The first-order chi connectivity index (χ1) is 8.19. The number of nitrogens with one attached hydrogen (secondary N) is 1. The van der Waals surface area contributed by atoms with Crippen LogP contribution in [0.25, 0.3) is 0 Å². The molecule has 1 amide bonds. The maximum absolute atomic E-state index is 11.4. The summed E-state index contributed by atoms with van der Waals surface area (Å²) in [6.45, 7) is 6.67. The van der Waals surface area contributed by atoms with Crippen LogP contribution in [0.4, 0.5) is 4.79 Å². The van der Waals surface area contributed by atoms with Crippen molar-refractivity contribution >= 4 is 6.09 Å². The van der Waals surface area contributed by atoms with Gasteiger partial charge in [0.2, 0.25) is 11.2 Å². The zero-order valence-electron chi connectivity index (χ0n) is 10.9. The van der Waals surface area contributed by atoms with E-state index >= 15 is 0 Å². The van der Waals surface area contributed by atoms with Gasteiger partial charge in [0, 0.05) is 6.07 Å². The molecular weight excluding hydrogens is 238 g/mol. The molecule has 0 saturated heterocycles. The van der Waals surface area contributed by atoms with E-state index in [1.54, 1.807) is 27.7 Å². The van der Waals surface area contributed by atoms with Crippen LogP contribution in [0.15, 0.2) is 15.3 Å². The number of amides is 1. The second-order valence-corrected chi connectivity index (χ2v) is 4.85. The van der Waals surface area contributed by atoms with Crippen molar-refractivity contribution in [1.82, 2.24) is 5.32 Å². The fourth-order valence-corrected chi connectivity index (χ4v) is 1.25. The number of aromatic hydroxyl groups is 1. The topological polar surface area (TPSA) is 88.8 Å². The van der Waals surface area contributed by atoms with Crippen LogP contribution in [-0.4, -0.2) is 16.8 Å². The Morgan fingerprint density at radius 3 is 2.67 bits per heavy atom. The lowest BCUT2D eigenvalue weighted by molar-refractivity contribution is 0.0519. The average Bonchev–Trinajstić information content (AvgIpc) is 2.18. The number of hydrogen-bond acceptors (Lipinski definition) is 5. The lowest BCUT2D eigenvalue weighted by Gasteiger charge is -2.19. The van der Waals surface area contributed by atoms with Crippen LogP contribution in [-0.2, 0) is 11.3 Å². The highest BCUT2D eigenvalue weighted by Crippen LogP contribution is 2.13. The van der Waals surface area contributed by atoms with Crippen molar-refractivity contribution in [3.8, 4) is 5.75 Å². The lowest BCUT2D eigenvalue weighted by atomic mass is 10.2. The Bertz CT molecular complexity index is 498. The van der Waals surface area contributed by atoms with Gasteiger partial charge in [0.1, 0.15) is 11.4 Å². The third kappa shape index (κ3) is 4.12. The maximum Gasteiger partial charge on any atom is 0.408 e. The highest BCUT2D eigenvalue weighted by molar-refractivity contribution is 5.67. The SMILES string of the molecule is Cc1cc(=O)c(O)c(CNC(=O)OC(C)(C)C)o1. The van der Waals surface area contributed by atoms with E-state index in [0.717, 1.165) is 0 Å². The van der Waals surface area contributed by atoms with E-state index in [0.29, 0.717) is 5.76 Å². The predicted molar refractivity (Wildman–Crippen MR) is 64.5 cm³/mol. The van der Waals surface area contributed by atoms with Gasteiger partial charge in [-0.05, 0) is 27.7 Å². The summed E-state index contributed by atoms with van der Waals surface area (Å²) in [6.07, 6.45) is -0.647. The van der Waals surface area contributed by atoms with Crippen molar-refractivity contribution in [1.29, 1.82) is 0 Å². The Hall–Kier alpha value is -1.98. The van der Waals surface area contributed by atoms with Crippen LogP contribution in [0.2, 0.25) is 0 Å². The van der Waals surface area contributed by atoms with Crippen LogP contribution in [0.1, 0.15) is 32.3 Å². The van der Waals surface area contributed by atoms with Gasteiger partial charge >= 0.3 is 6.09 Å². The van der Waals surface area contributed by atoms with Gasteiger partial charge in [0.05, 0.1) is 6.54 Å². The summed E-state index contributed by atoms with van der Waals surface area (Å²) in [5, 5.41) is 11.9. The number of aryl methyl sites for hydroxylation is 1. The van der Waals surface area contributed by atoms with Gasteiger partial charge in [-0.3, -0.25) is 4.79 Å². The van der Waals surface area contributed by atoms with Crippen LogP contribution in [0.3, 0.4) is 0 Å². The Morgan fingerprint density at radius 2 is 2.11 bits per heavy atom. The van der Waals surface area contributed by atoms with Crippen LogP contribution in [0.5, 0.6) is 5.75 Å². The minimum atomic E-state index is -0.647. The summed E-state index contributed by atoms with van der Waals surface area (Å²) in [6, 6.07) is 1.17. The molecule has 0 radical (unpaired) electrons. The molecule has 0 aliphatic rings. The summed E-state index contributed by atoms with van der Waals surface area (Å²) in [5.41, 5.74) is -1.15. The molecule has 1 heterocycles. The Morgan fingerprint density at radius 1 is 1.50 bits per heavy atom. The summed E-state index contributed by atoms with van der Waals surface area (Å²) < 4.78 is 10.2. The van der Waals surface area contributed by atoms with E-state index in [9.17, 15) is 14.7 Å². The first kappa shape index (κ1) is 14.1. The van der Waals surface area contributed by atoms with Gasteiger partial charge in [-0.15, -0.1) is 0 Å². The molecule has 1 rings (SSSR count). The zero-order valence-corrected chi connectivity index (χ0v) is 10.9. The van der Waals surface area contributed by atoms with E-state index in [1.165, 1.54) is 6.07 Å². The van der Waals surface area contributed by atoms with Gasteiger partial charge in [-0.1, -0.05) is 0 Å². The largest absolute Gasteiger partial charge is 0.502 e. The first-order valence-corrected chi connectivity index (χ1v) is 5.48. The monoisotopic (exact) mass is 255 g/mol. The highest BCUT2D eigenvalue weighted by Gasteiger charge is 2.17.